The van der Waals surface area contributed by atoms with Gasteiger partial charge in [0.25, 0.3) is 0 Å². The molecule has 1 aromatic rings. The van der Waals surface area contributed by atoms with Crippen LogP contribution in [-0.4, -0.2) is 47.2 Å². The van der Waals surface area contributed by atoms with Crippen LogP contribution in [0.3, 0.4) is 0 Å². The van der Waals surface area contributed by atoms with Gasteiger partial charge in [-0.3, -0.25) is 0 Å². The molecule has 1 aliphatic heterocycles. The number of carbonyl (C=O) groups is 1. The fourth-order valence-electron chi connectivity index (χ4n) is 2.74. The lowest BCUT2D eigenvalue weighted by molar-refractivity contribution is -0.887. The molecule has 0 aromatic heterocycles. The van der Waals surface area contributed by atoms with Gasteiger partial charge in [-0.2, -0.15) is 0 Å². The minimum absolute atomic E-state index is 0.166. The summed E-state index contributed by atoms with van der Waals surface area (Å²) in [6.07, 6.45) is 3.37. The van der Waals surface area contributed by atoms with E-state index in [4.69, 9.17) is 4.74 Å². The van der Waals surface area contributed by atoms with Gasteiger partial charge in [0.15, 0.2) is 0 Å². The summed E-state index contributed by atoms with van der Waals surface area (Å²) in [5.74, 6) is -0.446. The molecule has 2 N–H and O–H groups in total. The summed E-state index contributed by atoms with van der Waals surface area (Å²) < 4.78 is 31.9. The van der Waals surface area contributed by atoms with E-state index in [1.807, 2.05) is 0 Å². The zero-order chi connectivity index (χ0) is 16.7. The molecule has 0 spiro atoms. The first kappa shape index (κ1) is 17.9. The monoisotopic (exact) mass is 341 g/mol. The number of carbonyl (C=O) groups excluding carboxylic acids is 1. The van der Waals surface area contributed by atoms with Gasteiger partial charge >= 0.3 is 5.97 Å². The van der Waals surface area contributed by atoms with Crippen molar-refractivity contribution in [2.45, 2.75) is 31.1 Å². The normalized spacial score (nSPS) is 15.7. The molecule has 0 amide bonds. The minimum atomic E-state index is -3.52. The second-order valence-electron chi connectivity index (χ2n) is 5.70. The Kier molecular flexibility index (Phi) is 6.56. The number of hydrogen-bond acceptors (Lipinski definition) is 4. The summed E-state index contributed by atoms with van der Waals surface area (Å²) in [5, 5.41) is 0. The van der Waals surface area contributed by atoms with Crippen LogP contribution in [0.15, 0.2) is 29.2 Å². The van der Waals surface area contributed by atoms with E-state index in [-0.39, 0.29) is 4.90 Å². The van der Waals surface area contributed by atoms with Crippen LogP contribution in [0.25, 0.3) is 0 Å². The third kappa shape index (κ3) is 5.30. The maximum Gasteiger partial charge on any atom is 0.338 e. The van der Waals surface area contributed by atoms with Crippen molar-refractivity contribution in [3.05, 3.63) is 29.8 Å². The predicted octanol–water partition coefficient (Wildman–Crippen LogP) is 0.210. The van der Waals surface area contributed by atoms with Crippen LogP contribution in [0.1, 0.15) is 36.5 Å². The van der Waals surface area contributed by atoms with Crippen molar-refractivity contribution in [2.75, 3.05) is 32.8 Å². The predicted molar refractivity (Wildman–Crippen MR) is 87.0 cm³/mol. The molecular weight excluding hydrogens is 316 g/mol. The molecule has 0 saturated carbocycles. The van der Waals surface area contributed by atoms with Gasteiger partial charge in [0.1, 0.15) is 0 Å². The van der Waals surface area contributed by atoms with E-state index < -0.39 is 16.0 Å². The topological polar surface area (TPSA) is 76.9 Å². The van der Waals surface area contributed by atoms with Crippen molar-refractivity contribution in [2.24, 2.45) is 0 Å². The number of likely N-dealkylation sites (tertiary alicyclic amines) is 1. The first-order chi connectivity index (χ1) is 11.0. The molecule has 1 heterocycles. The molecule has 0 radical (unpaired) electrons. The molecule has 0 bridgehead atoms. The summed E-state index contributed by atoms with van der Waals surface area (Å²) in [4.78, 5) is 13.3. The first-order valence-electron chi connectivity index (χ1n) is 8.13. The lowest BCUT2D eigenvalue weighted by atomic mass is 10.2. The number of hydrogen-bond donors (Lipinski definition) is 2. The fraction of sp³-hybridized carbons (Fsp3) is 0.562. The molecule has 128 valence electrons. The second-order valence-corrected chi connectivity index (χ2v) is 7.47. The number of ether oxygens (including phenoxy) is 1. The van der Waals surface area contributed by atoms with Crippen LogP contribution in [0.5, 0.6) is 0 Å². The Labute approximate surface area is 137 Å². The van der Waals surface area contributed by atoms with E-state index in [0.717, 1.165) is 13.0 Å². The van der Waals surface area contributed by atoms with Crippen molar-refractivity contribution in [1.29, 1.82) is 0 Å². The van der Waals surface area contributed by atoms with Crippen LogP contribution >= 0.6 is 0 Å². The van der Waals surface area contributed by atoms with Crippen molar-refractivity contribution in [3.8, 4) is 0 Å². The van der Waals surface area contributed by atoms with Crippen LogP contribution in [0, 0.1) is 0 Å². The standard InChI is InChI=1S/C16H24N2O4S/c1-2-22-16(19)14-6-8-15(9-7-14)23(20,21)17-10-5-13-18-11-3-4-12-18/h6-9,17H,2-5,10-13H2,1H3/p+1. The van der Waals surface area contributed by atoms with Gasteiger partial charge in [-0.05, 0) is 31.2 Å². The Morgan fingerprint density at radius 3 is 2.48 bits per heavy atom. The number of nitrogens with one attached hydrogen (secondary N) is 2. The number of benzene rings is 1. The van der Waals surface area contributed by atoms with E-state index in [0.29, 0.717) is 18.7 Å². The molecule has 0 atom stereocenters. The minimum Gasteiger partial charge on any atom is -0.462 e. The Hall–Kier alpha value is -1.44. The molecule has 2 rings (SSSR count). The van der Waals surface area contributed by atoms with Gasteiger partial charge in [0, 0.05) is 25.8 Å². The fourth-order valence-corrected chi connectivity index (χ4v) is 3.81. The highest BCUT2D eigenvalue weighted by atomic mass is 32.2. The molecule has 1 fully saturated rings. The summed E-state index contributed by atoms with van der Waals surface area (Å²) in [6, 6.07) is 5.81. The van der Waals surface area contributed by atoms with Crippen LogP contribution in [-0.2, 0) is 14.8 Å². The number of sulfonamides is 1. The van der Waals surface area contributed by atoms with Gasteiger partial charge in [-0.1, -0.05) is 0 Å². The molecule has 1 aromatic carbocycles. The Morgan fingerprint density at radius 1 is 1.22 bits per heavy atom. The molecule has 1 aliphatic rings. The molecule has 1 saturated heterocycles. The number of esters is 1. The first-order valence-corrected chi connectivity index (χ1v) is 9.61. The number of quaternary nitrogens is 1. The molecular formula is C16H25N2O4S+. The Bertz CT molecular complexity index is 607. The largest absolute Gasteiger partial charge is 0.462 e. The highest BCUT2D eigenvalue weighted by Gasteiger charge is 2.17. The smallest absolute Gasteiger partial charge is 0.338 e. The van der Waals surface area contributed by atoms with E-state index in [1.54, 1.807) is 11.8 Å². The highest BCUT2D eigenvalue weighted by Crippen LogP contribution is 2.11. The maximum absolute atomic E-state index is 12.2. The number of rotatable bonds is 8. The van der Waals surface area contributed by atoms with E-state index in [2.05, 4.69) is 4.72 Å². The van der Waals surface area contributed by atoms with Gasteiger partial charge < -0.3 is 9.64 Å². The third-order valence-corrected chi connectivity index (χ3v) is 5.46. The average Bonchev–Trinajstić information content (AvgIpc) is 3.05. The van der Waals surface area contributed by atoms with Crippen LogP contribution in [0.4, 0.5) is 0 Å². The molecule has 6 nitrogen and oxygen atoms in total. The summed E-state index contributed by atoms with van der Waals surface area (Å²) in [5.41, 5.74) is 0.350. The second kappa shape index (κ2) is 8.42. The van der Waals surface area contributed by atoms with E-state index >= 15 is 0 Å². The summed E-state index contributed by atoms with van der Waals surface area (Å²) >= 11 is 0. The van der Waals surface area contributed by atoms with Crippen molar-refractivity contribution in [1.82, 2.24) is 4.72 Å². The van der Waals surface area contributed by atoms with E-state index in [9.17, 15) is 13.2 Å². The lowest BCUT2D eigenvalue weighted by Gasteiger charge is -2.12. The van der Waals surface area contributed by atoms with Crippen molar-refractivity contribution >= 4 is 16.0 Å². The van der Waals surface area contributed by atoms with E-state index in [1.165, 1.54) is 50.2 Å². The van der Waals surface area contributed by atoms with Crippen LogP contribution in [0.2, 0.25) is 0 Å². The molecule has 23 heavy (non-hydrogen) atoms. The van der Waals surface area contributed by atoms with Crippen LogP contribution < -0.4 is 9.62 Å². The molecule has 0 aliphatic carbocycles. The zero-order valence-electron chi connectivity index (χ0n) is 13.5. The Balaban J connectivity index is 1.84. The van der Waals surface area contributed by atoms with Gasteiger partial charge in [0.2, 0.25) is 10.0 Å². The Morgan fingerprint density at radius 2 is 1.87 bits per heavy atom. The summed E-state index contributed by atoms with van der Waals surface area (Å²) in [7, 11) is -3.52. The van der Waals surface area contributed by atoms with Crippen molar-refractivity contribution < 1.29 is 22.8 Å². The maximum atomic E-state index is 12.2. The SMILES string of the molecule is CCOC(=O)c1ccc(S(=O)(=O)NCCC[NH+]2CCCC2)cc1. The molecule has 7 heteroatoms. The van der Waals surface area contributed by atoms with Gasteiger partial charge in [0.05, 0.1) is 36.7 Å². The van der Waals surface area contributed by atoms with Crippen molar-refractivity contribution in [3.63, 3.8) is 0 Å². The average molecular weight is 341 g/mol. The van der Waals surface area contributed by atoms with Gasteiger partial charge in [-0.25, -0.2) is 17.9 Å². The lowest BCUT2D eigenvalue weighted by Crippen LogP contribution is -3.10. The quantitative estimate of drug-likeness (QED) is 0.523. The highest BCUT2D eigenvalue weighted by molar-refractivity contribution is 7.89. The van der Waals surface area contributed by atoms with Gasteiger partial charge in [-0.15, -0.1) is 0 Å². The zero-order valence-corrected chi connectivity index (χ0v) is 14.3. The summed E-state index contributed by atoms with van der Waals surface area (Å²) in [6.45, 7) is 5.85. The third-order valence-electron chi connectivity index (χ3n) is 3.99. The molecule has 0 unspecified atom stereocenters.